The second-order valence-electron chi connectivity index (χ2n) is 4.28. The van der Waals surface area contributed by atoms with E-state index in [0.29, 0.717) is 13.1 Å². The van der Waals surface area contributed by atoms with Crippen molar-refractivity contribution in [2.24, 2.45) is 5.73 Å². The minimum atomic E-state index is -0.0366. The van der Waals surface area contributed by atoms with Crippen molar-refractivity contribution in [2.75, 3.05) is 26.3 Å². The van der Waals surface area contributed by atoms with Crippen molar-refractivity contribution in [3.8, 4) is 0 Å². The molecule has 0 radical (unpaired) electrons. The summed E-state index contributed by atoms with van der Waals surface area (Å²) in [6.07, 6.45) is 4.31. The van der Waals surface area contributed by atoms with Crippen molar-refractivity contribution in [1.82, 2.24) is 9.88 Å². The van der Waals surface area contributed by atoms with Gasteiger partial charge in [-0.1, -0.05) is 6.92 Å². The average molecular weight is 253 g/mol. The molecule has 18 heavy (non-hydrogen) atoms. The van der Waals surface area contributed by atoms with Crippen molar-refractivity contribution in [2.45, 2.75) is 25.4 Å². The lowest BCUT2D eigenvalue weighted by Crippen LogP contribution is -2.43. The lowest BCUT2D eigenvalue weighted by molar-refractivity contribution is 0.107. The fraction of sp³-hybridized carbons (Fsp3) is 0.615. The zero-order chi connectivity index (χ0) is 13.4. The maximum absolute atomic E-state index is 9.14. The number of aromatic nitrogens is 1. The van der Waals surface area contributed by atoms with Gasteiger partial charge in [-0.3, -0.25) is 9.88 Å². The van der Waals surface area contributed by atoms with Gasteiger partial charge in [0.2, 0.25) is 0 Å². The lowest BCUT2D eigenvalue weighted by atomic mass is 9.97. The molecule has 1 aromatic heterocycles. The largest absolute Gasteiger partial charge is 0.395 e. The number of aliphatic hydroxyl groups excluding tert-OH is 2. The SMILES string of the molecule is CCC(N)C(c1ccncc1)N(CCO)CCO. The second kappa shape index (κ2) is 8.16. The summed E-state index contributed by atoms with van der Waals surface area (Å²) >= 11 is 0. The molecule has 0 saturated heterocycles. The highest BCUT2D eigenvalue weighted by atomic mass is 16.3. The number of pyridine rings is 1. The van der Waals surface area contributed by atoms with Crippen molar-refractivity contribution in [3.05, 3.63) is 30.1 Å². The third-order valence-corrected chi connectivity index (χ3v) is 3.09. The monoisotopic (exact) mass is 253 g/mol. The summed E-state index contributed by atoms with van der Waals surface area (Å²) in [6.45, 7) is 3.15. The zero-order valence-corrected chi connectivity index (χ0v) is 10.9. The van der Waals surface area contributed by atoms with Gasteiger partial charge in [0.05, 0.1) is 19.3 Å². The summed E-state index contributed by atoms with van der Waals surface area (Å²) in [5.41, 5.74) is 7.26. The van der Waals surface area contributed by atoms with Gasteiger partial charge in [0, 0.05) is 31.5 Å². The first-order valence-corrected chi connectivity index (χ1v) is 6.35. The van der Waals surface area contributed by atoms with Crippen LogP contribution in [-0.4, -0.2) is 52.4 Å². The molecule has 0 amide bonds. The van der Waals surface area contributed by atoms with Crippen LogP contribution in [0.3, 0.4) is 0 Å². The van der Waals surface area contributed by atoms with E-state index < -0.39 is 0 Å². The number of nitrogens with zero attached hydrogens (tertiary/aromatic N) is 2. The molecule has 0 spiro atoms. The molecule has 0 aliphatic carbocycles. The third-order valence-electron chi connectivity index (χ3n) is 3.09. The molecule has 4 N–H and O–H groups in total. The first-order valence-electron chi connectivity index (χ1n) is 6.35. The Kier molecular flexibility index (Phi) is 6.82. The van der Waals surface area contributed by atoms with Gasteiger partial charge in [0.25, 0.3) is 0 Å². The van der Waals surface area contributed by atoms with E-state index in [1.165, 1.54) is 0 Å². The van der Waals surface area contributed by atoms with Crippen molar-refractivity contribution in [1.29, 1.82) is 0 Å². The van der Waals surface area contributed by atoms with Gasteiger partial charge in [-0.05, 0) is 24.1 Å². The zero-order valence-electron chi connectivity index (χ0n) is 10.9. The van der Waals surface area contributed by atoms with Gasteiger partial charge in [-0.2, -0.15) is 0 Å². The quantitative estimate of drug-likeness (QED) is 0.614. The van der Waals surface area contributed by atoms with Gasteiger partial charge in [-0.25, -0.2) is 0 Å². The van der Waals surface area contributed by atoms with Crippen LogP contribution in [0.25, 0.3) is 0 Å². The molecule has 0 aliphatic rings. The fourth-order valence-electron chi connectivity index (χ4n) is 2.16. The summed E-state index contributed by atoms with van der Waals surface area (Å²) in [4.78, 5) is 6.02. The summed E-state index contributed by atoms with van der Waals surface area (Å²) in [6, 6.07) is 3.83. The van der Waals surface area contributed by atoms with Crippen LogP contribution in [0.4, 0.5) is 0 Å². The van der Waals surface area contributed by atoms with Crippen LogP contribution in [0.2, 0.25) is 0 Å². The van der Waals surface area contributed by atoms with Crippen LogP contribution in [0, 0.1) is 0 Å². The third kappa shape index (κ3) is 4.03. The maximum atomic E-state index is 9.14. The van der Waals surface area contributed by atoms with Gasteiger partial charge in [0.1, 0.15) is 0 Å². The molecule has 0 aliphatic heterocycles. The Morgan fingerprint density at radius 1 is 1.22 bits per heavy atom. The van der Waals surface area contributed by atoms with E-state index in [0.717, 1.165) is 12.0 Å². The lowest BCUT2D eigenvalue weighted by Gasteiger charge is -2.34. The van der Waals surface area contributed by atoms with Crippen molar-refractivity contribution < 1.29 is 10.2 Å². The van der Waals surface area contributed by atoms with Gasteiger partial charge in [-0.15, -0.1) is 0 Å². The number of nitrogens with two attached hydrogens (primary N) is 1. The van der Waals surface area contributed by atoms with E-state index in [-0.39, 0.29) is 25.3 Å². The van der Waals surface area contributed by atoms with Gasteiger partial charge < -0.3 is 15.9 Å². The molecule has 5 heteroatoms. The second-order valence-corrected chi connectivity index (χ2v) is 4.28. The average Bonchev–Trinajstić information content (AvgIpc) is 2.40. The number of aliphatic hydroxyl groups is 2. The van der Waals surface area contributed by atoms with Crippen molar-refractivity contribution in [3.63, 3.8) is 0 Å². The Balaban J connectivity index is 2.95. The van der Waals surface area contributed by atoms with E-state index in [1.807, 2.05) is 24.0 Å². The highest BCUT2D eigenvalue weighted by Crippen LogP contribution is 2.24. The first kappa shape index (κ1) is 15.0. The molecular formula is C13H23N3O2. The summed E-state index contributed by atoms with van der Waals surface area (Å²) < 4.78 is 0. The molecular weight excluding hydrogens is 230 g/mol. The fourth-order valence-corrected chi connectivity index (χ4v) is 2.16. The van der Waals surface area contributed by atoms with Gasteiger partial charge in [0.15, 0.2) is 0 Å². The van der Waals surface area contributed by atoms with Crippen LogP contribution in [0.5, 0.6) is 0 Å². The minimum absolute atomic E-state index is 0.00250. The van der Waals surface area contributed by atoms with E-state index in [2.05, 4.69) is 4.98 Å². The van der Waals surface area contributed by atoms with E-state index in [1.54, 1.807) is 12.4 Å². The predicted octanol–water partition coefficient (Wildman–Crippen LogP) is 0.147. The number of rotatable bonds is 8. The first-order chi connectivity index (χ1) is 8.74. The minimum Gasteiger partial charge on any atom is -0.395 e. The topological polar surface area (TPSA) is 82.6 Å². The Morgan fingerprint density at radius 2 is 1.78 bits per heavy atom. The predicted molar refractivity (Wildman–Crippen MR) is 71.0 cm³/mol. The highest BCUT2D eigenvalue weighted by molar-refractivity contribution is 5.17. The summed E-state index contributed by atoms with van der Waals surface area (Å²) in [7, 11) is 0. The Hall–Kier alpha value is -1.01. The molecule has 1 rings (SSSR count). The summed E-state index contributed by atoms with van der Waals surface area (Å²) in [5.74, 6) is 0. The van der Waals surface area contributed by atoms with Crippen LogP contribution in [0.1, 0.15) is 24.9 Å². The number of hydrogen-bond donors (Lipinski definition) is 3. The molecule has 2 unspecified atom stereocenters. The molecule has 5 nitrogen and oxygen atoms in total. The standard InChI is InChI=1S/C13H23N3O2/c1-2-12(14)13(11-3-5-15-6-4-11)16(7-9-17)8-10-18/h3-6,12-13,17-18H,2,7-10,14H2,1H3. The maximum Gasteiger partial charge on any atom is 0.0558 e. The highest BCUT2D eigenvalue weighted by Gasteiger charge is 2.24. The molecule has 0 bridgehead atoms. The Morgan fingerprint density at radius 3 is 2.22 bits per heavy atom. The van der Waals surface area contributed by atoms with Crippen LogP contribution >= 0.6 is 0 Å². The molecule has 0 aromatic carbocycles. The van der Waals surface area contributed by atoms with Crippen molar-refractivity contribution >= 4 is 0 Å². The number of hydrogen-bond acceptors (Lipinski definition) is 5. The van der Waals surface area contributed by atoms with Gasteiger partial charge >= 0.3 is 0 Å². The normalized spacial score (nSPS) is 14.7. The molecule has 1 aromatic rings. The molecule has 1 heterocycles. The Bertz CT molecular complexity index is 315. The van der Waals surface area contributed by atoms with E-state index in [4.69, 9.17) is 15.9 Å². The molecule has 0 saturated carbocycles. The van der Waals surface area contributed by atoms with E-state index >= 15 is 0 Å². The van der Waals surface area contributed by atoms with E-state index in [9.17, 15) is 0 Å². The smallest absolute Gasteiger partial charge is 0.0558 e. The van der Waals surface area contributed by atoms with Crippen LogP contribution < -0.4 is 5.73 Å². The van der Waals surface area contributed by atoms with Crippen LogP contribution in [-0.2, 0) is 0 Å². The molecule has 0 fully saturated rings. The summed E-state index contributed by atoms with van der Waals surface area (Å²) in [5, 5.41) is 18.3. The molecule has 2 atom stereocenters. The van der Waals surface area contributed by atoms with Crippen LogP contribution in [0.15, 0.2) is 24.5 Å². The Labute approximate surface area is 108 Å². The molecule has 102 valence electrons.